The lowest BCUT2D eigenvalue weighted by atomic mass is 10.1. The van der Waals surface area contributed by atoms with Crippen molar-refractivity contribution < 1.29 is 20.1 Å². The van der Waals surface area contributed by atoms with Gasteiger partial charge in [0.1, 0.15) is 30.5 Å². The first-order chi connectivity index (χ1) is 8.04. The first-order valence-electron chi connectivity index (χ1n) is 5.00. The van der Waals surface area contributed by atoms with Crippen LogP contribution >= 0.6 is 0 Å². The first-order valence-corrected chi connectivity index (χ1v) is 5.00. The van der Waals surface area contributed by atoms with Gasteiger partial charge in [0.05, 0.1) is 6.61 Å². The molecule has 1 aromatic heterocycles. The minimum absolute atomic E-state index is 0.0537. The van der Waals surface area contributed by atoms with Gasteiger partial charge >= 0.3 is 0 Å². The Morgan fingerprint density at radius 2 is 2.18 bits per heavy atom. The SMILES string of the molecule is Nc1cc(=O)n([C@H]2O[C@H](CO)[C@@H](O)[C@@H]2O)cn1. The van der Waals surface area contributed by atoms with Crippen LogP contribution in [0.2, 0.25) is 0 Å². The maximum atomic E-state index is 11.6. The van der Waals surface area contributed by atoms with Crippen molar-refractivity contribution in [1.29, 1.82) is 0 Å². The molecule has 0 saturated carbocycles. The summed E-state index contributed by atoms with van der Waals surface area (Å²) in [7, 11) is 0. The molecule has 0 aliphatic carbocycles. The summed E-state index contributed by atoms with van der Waals surface area (Å²) < 4.78 is 6.19. The molecule has 1 aromatic rings. The van der Waals surface area contributed by atoms with Gasteiger partial charge in [0.15, 0.2) is 6.23 Å². The van der Waals surface area contributed by atoms with E-state index < -0.39 is 36.7 Å². The molecular formula is C9H13N3O5. The van der Waals surface area contributed by atoms with Gasteiger partial charge in [0.25, 0.3) is 5.56 Å². The number of aliphatic hydroxyl groups excluding tert-OH is 3. The summed E-state index contributed by atoms with van der Waals surface area (Å²) in [6, 6.07) is 1.08. The van der Waals surface area contributed by atoms with E-state index in [0.717, 1.165) is 17.0 Å². The fourth-order valence-corrected chi connectivity index (χ4v) is 1.73. The summed E-state index contributed by atoms with van der Waals surface area (Å²) in [5, 5.41) is 28.2. The summed E-state index contributed by atoms with van der Waals surface area (Å²) in [5.74, 6) is 0.0537. The zero-order chi connectivity index (χ0) is 12.6. The van der Waals surface area contributed by atoms with Gasteiger partial charge < -0.3 is 25.8 Å². The van der Waals surface area contributed by atoms with Crippen molar-refractivity contribution in [3.63, 3.8) is 0 Å². The molecule has 8 heteroatoms. The van der Waals surface area contributed by atoms with Gasteiger partial charge in [-0.2, -0.15) is 0 Å². The number of hydrogen-bond acceptors (Lipinski definition) is 7. The summed E-state index contributed by atoms with van der Waals surface area (Å²) in [6.45, 7) is -0.453. The Morgan fingerprint density at radius 3 is 2.71 bits per heavy atom. The third kappa shape index (κ3) is 2.03. The molecule has 5 N–H and O–H groups in total. The summed E-state index contributed by atoms with van der Waals surface area (Å²) in [5.41, 5.74) is 4.82. The fraction of sp³-hybridized carbons (Fsp3) is 0.556. The van der Waals surface area contributed by atoms with Crippen molar-refractivity contribution >= 4 is 5.82 Å². The van der Waals surface area contributed by atoms with E-state index in [9.17, 15) is 15.0 Å². The number of nitrogen functional groups attached to an aromatic ring is 1. The zero-order valence-corrected chi connectivity index (χ0v) is 8.80. The normalized spacial score (nSPS) is 32.9. The van der Waals surface area contributed by atoms with E-state index in [1.807, 2.05) is 0 Å². The molecule has 0 amide bonds. The van der Waals surface area contributed by atoms with E-state index in [1.54, 1.807) is 0 Å². The van der Waals surface area contributed by atoms with Gasteiger partial charge in [-0.05, 0) is 0 Å². The molecule has 17 heavy (non-hydrogen) atoms. The summed E-state index contributed by atoms with van der Waals surface area (Å²) in [6.07, 6.45) is -3.45. The number of anilines is 1. The average molecular weight is 243 g/mol. The minimum Gasteiger partial charge on any atom is -0.394 e. The van der Waals surface area contributed by atoms with Crippen molar-refractivity contribution in [2.45, 2.75) is 24.5 Å². The van der Waals surface area contributed by atoms with E-state index in [1.165, 1.54) is 0 Å². The Morgan fingerprint density at radius 1 is 1.47 bits per heavy atom. The second kappa shape index (κ2) is 4.41. The van der Waals surface area contributed by atoms with Gasteiger partial charge in [0, 0.05) is 6.07 Å². The fourth-order valence-electron chi connectivity index (χ4n) is 1.73. The smallest absolute Gasteiger partial charge is 0.257 e. The van der Waals surface area contributed by atoms with Crippen molar-refractivity contribution in [2.24, 2.45) is 0 Å². The van der Waals surface area contributed by atoms with E-state index in [2.05, 4.69) is 4.98 Å². The number of nitrogens with two attached hydrogens (primary N) is 1. The van der Waals surface area contributed by atoms with Crippen LogP contribution in [0.5, 0.6) is 0 Å². The molecule has 1 fully saturated rings. The predicted molar refractivity (Wildman–Crippen MR) is 55.9 cm³/mol. The molecule has 0 aromatic carbocycles. The molecule has 2 rings (SSSR count). The minimum atomic E-state index is -1.31. The topological polar surface area (TPSA) is 131 Å². The molecule has 0 spiro atoms. The van der Waals surface area contributed by atoms with Crippen LogP contribution in [0.1, 0.15) is 6.23 Å². The average Bonchev–Trinajstić information content (AvgIpc) is 2.57. The highest BCUT2D eigenvalue weighted by Gasteiger charge is 2.43. The van der Waals surface area contributed by atoms with E-state index in [0.29, 0.717) is 0 Å². The second-order valence-corrected chi connectivity index (χ2v) is 3.79. The molecule has 1 saturated heterocycles. The predicted octanol–water partition coefficient (Wildman–Crippen LogP) is -2.56. The number of aliphatic hydroxyl groups is 3. The molecule has 1 aliphatic heterocycles. The van der Waals surface area contributed by atoms with Crippen LogP contribution in [0.3, 0.4) is 0 Å². The van der Waals surface area contributed by atoms with Gasteiger partial charge in [-0.25, -0.2) is 4.98 Å². The number of ether oxygens (including phenoxy) is 1. The maximum absolute atomic E-state index is 11.6. The first kappa shape index (κ1) is 12.0. The number of hydrogen-bond donors (Lipinski definition) is 4. The zero-order valence-electron chi connectivity index (χ0n) is 8.80. The van der Waals surface area contributed by atoms with Crippen LogP contribution in [0.4, 0.5) is 5.82 Å². The standard InChI is InChI=1S/C9H13N3O5/c10-5-1-6(14)12(3-11-5)9-8(16)7(15)4(2-13)17-9/h1,3-4,7-9,13,15-16H,2,10H2/t4-,7-,8+,9+/m1/s1. The number of aromatic nitrogens is 2. The Labute approximate surface area is 95.9 Å². The quantitative estimate of drug-likeness (QED) is 0.449. The summed E-state index contributed by atoms with van der Waals surface area (Å²) in [4.78, 5) is 15.3. The monoisotopic (exact) mass is 243 g/mol. The molecule has 0 bridgehead atoms. The second-order valence-electron chi connectivity index (χ2n) is 3.79. The van der Waals surface area contributed by atoms with Crippen molar-refractivity contribution in [2.75, 3.05) is 12.3 Å². The highest BCUT2D eigenvalue weighted by molar-refractivity contribution is 5.23. The van der Waals surface area contributed by atoms with Crippen LogP contribution in [0, 0.1) is 0 Å². The molecule has 4 atom stereocenters. The third-order valence-corrected chi connectivity index (χ3v) is 2.65. The lowest BCUT2D eigenvalue weighted by molar-refractivity contribution is -0.0548. The van der Waals surface area contributed by atoms with Crippen molar-refractivity contribution in [3.8, 4) is 0 Å². The Bertz CT molecular complexity index is 462. The lowest BCUT2D eigenvalue weighted by Crippen LogP contribution is -2.35. The Hall–Kier alpha value is -1.48. The Balaban J connectivity index is 2.32. The molecule has 1 aliphatic rings. The van der Waals surface area contributed by atoms with E-state index in [-0.39, 0.29) is 5.82 Å². The van der Waals surface area contributed by atoms with Gasteiger partial charge in [-0.3, -0.25) is 9.36 Å². The molecule has 2 heterocycles. The van der Waals surface area contributed by atoms with Crippen LogP contribution < -0.4 is 11.3 Å². The highest BCUT2D eigenvalue weighted by atomic mass is 16.6. The largest absolute Gasteiger partial charge is 0.394 e. The van der Waals surface area contributed by atoms with E-state index in [4.69, 9.17) is 15.6 Å². The molecule has 94 valence electrons. The molecule has 0 radical (unpaired) electrons. The van der Waals surface area contributed by atoms with Crippen LogP contribution in [-0.4, -0.2) is 49.8 Å². The van der Waals surface area contributed by atoms with Crippen LogP contribution in [0.25, 0.3) is 0 Å². The highest BCUT2D eigenvalue weighted by Crippen LogP contribution is 2.27. The van der Waals surface area contributed by atoms with E-state index >= 15 is 0 Å². The van der Waals surface area contributed by atoms with Crippen LogP contribution in [0.15, 0.2) is 17.2 Å². The van der Waals surface area contributed by atoms with Crippen molar-refractivity contribution in [3.05, 3.63) is 22.7 Å². The van der Waals surface area contributed by atoms with Gasteiger partial charge in [-0.1, -0.05) is 0 Å². The third-order valence-electron chi connectivity index (χ3n) is 2.65. The Kier molecular flexibility index (Phi) is 3.11. The van der Waals surface area contributed by atoms with Gasteiger partial charge in [-0.15, -0.1) is 0 Å². The van der Waals surface area contributed by atoms with Gasteiger partial charge in [0.2, 0.25) is 0 Å². The van der Waals surface area contributed by atoms with Crippen molar-refractivity contribution in [1.82, 2.24) is 9.55 Å². The van der Waals surface area contributed by atoms with Crippen LogP contribution in [-0.2, 0) is 4.74 Å². The lowest BCUT2D eigenvalue weighted by Gasteiger charge is -2.16. The molecular weight excluding hydrogens is 230 g/mol. The number of rotatable bonds is 2. The summed E-state index contributed by atoms with van der Waals surface area (Å²) >= 11 is 0. The number of nitrogens with zero attached hydrogens (tertiary/aromatic N) is 2. The molecule has 0 unspecified atom stereocenters. The molecule has 8 nitrogen and oxygen atoms in total. The maximum Gasteiger partial charge on any atom is 0.257 e.